The first-order valence-electron chi connectivity index (χ1n) is 6.17. The van der Waals surface area contributed by atoms with Crippen molar-refractivity contribution in [2.75, 3.05) is 6.61 Å². The van der Waals surface area contributed by atoms with E-state index >= 15 is 0 Å². The van der Waals surface area contributed by atoms with E-state index in [9.17, 15) is 9.59 Å². The number of nitrogens with two attached hydrogens (primary N) is 1. The Labute approximate surface area is 132 Å². The molecular weight excluding hydrogens is 317 g/mol. The molecule has 0 radical (unpaired) electrons. The fraction of sp³-hybridized carbons (Fsp3) is 0.308. The Kier molecular flexibility index (Phi) is 6.98. The van der Waals surface area contributed by atoms with Crippen LogP contribution in [-0.2, 0) is 16.0 Å². The smallest absolute Gasteiger partial charge is 0.436 e. The third-order valence-corrected chi connectivity index (χ3v) is 3.02. The topological polar surface area (TPSA) is 93.8 Å². The molecule has 6 nitrogen and oxygen atoms in total. The van der Waals surface area contributed by atoms with Crippen molar-refractivity contribution in [1.82, 2.24) is 5.32 Å². The number of hydrogen-bond acceptors (Lipinski definition) is 3. The summed E-state index contributed by atoms with van der Waals surface area (Å²) < 4.78 is 4.70. The SMILES string of the molecule is CCCOC(=O)N=C(N)NC(=O)Cc1c(Cl)cccc1Cl. The lowest BCUT2D eigenvalue weighted by atomic mass is 10.1. The highest BCUT2D eigenvalue weighted by molar-refractivity contribution is 6.36. The highest BCUT2D eigenvalue weighted by Crippen LogP contribution is 2.24. The van der Waals surface area contributed by atoms with Crippen LogP contribution < -0.4 is 11.1 Å². The number of carbonyl (C=O) groups is 2. The van der Waals surface area contributed by atoms with Crippen molar-refractivity contribution in [1.29, 1.82) is 0 Å². The van der Waals surface area contributed by atoms with Crippen molar-refractivity contribution in [2.24, 2.45) is 10.7 Å². The summed E-state index contributed by atoms with van der Waals surface area (Å²) in [5.41, 5.74) is 5.90. The number of rotatable bonds is 4. The molecule has 0 aliphatic heterocycles. The average molecular weight is 332 g/mol. The van der Waals surface area contributed by atoms with E-state index in [1.807, 2.05) is 6.92 Å². The molecular formula is C13H15Cl2N3O3. The molecule has 1 rings (SSSR count). The predicted octanol–water partition coefficient (Wildman–Crippen LogP) is 2.51. The van der Waals surface area contributed by atoms with Crippen molar-refractivity contribution >= 4 is 41.2 Å². The molecule has 0 aliphatic rings. The van der Waals surface area contributed by atoms with Gasteiger partial charge in [-0.2, -0.15) is 0 Å². The van der Waals surface area contributed by atoms with Gasteiger partial charge in [0.1, 0.15) is 0 Å². The first-order chi connectivity index (χ1) is 9.93. The van der Waals surface area contributed by atoms with E-state index < -0.39 is 12.0 Å². The van der Waals surface area contributed by atoms with Gasteiger partial charge in [-0.15, -0.1) is 4.99 Å². The van der Waals surface area contributed by atoms with Crippen molar-refractivity contribution in [3.05, 3.63) is 33.8 Å². The van der Waals surface area contributed by atoms with Crippen molar-refractivity contribution in [3.8, 4) is 0 Å². The van der Waals surface area contributed by atoms with Crippen LogP contribution in [0.4, 0.5) is 4.79 Å². The van der Waals surface area contributed by atoms with Crippen molar-refractivity contribution in [3.63, 3.8) is 0 Å². The number of carbonyl (C=O) groups excluding carboxylic acids is 2. The number of aliphatic imine (C=N–C) groups is 1. The van der Waals surface area contributed by atoms with E-state index in [2.05, 4.69) is 10.3 Å². The molecule has 1 aromatic rings. The molecule has 21 heavy (non-hydrogen) atoms. The van der Waals surface area contributed by atoms with Crippen LogP contribution in [0.15, 0.2) is 23.2 Å². The lowest BCUT2D eigenvalue weighted by Gasteiger charge is -2.07. The summed E-state index contributed by atoms with van der Waals surface area (Å²) in [7, 11) is 0. The summed E-state index contributed by atoms with van der Waals surface area (Å²) >= 11 is 11.9. The van der Waals surface area contributed by atoms with Gasteiger partial charge in [-0.05, 0) is 24.1 Å². The molecule has 0 bridgehead atoms. The first kappa shape index (κ1) is 17.3. The zero-order chi connectivity index (χ0) is 15.8. The normalized spacial score (nSPS) is 11.1. The second kappa shape index (κ2) is 8.49. The van der Waals surface area contributed by atoms with Crippen LogP contribution in [0.25, 0.3) is 0 Å². The molecule has 0 unspecified atom stereocenters. The second-order valence-electron chi connectivity index (χ2n) is 4.04. The largest absolute Gasteiger partial charge is 0.448 e. The zero-order valence-electron chi connectivity index (χ0n) is 11.4. The number of ether oxygens (including phenoxy) is 1. The van der Waals surface area contributed by atoms with Crippen LogP contribution in [-0.4, -0.2) is 24.6 Å². The van der Waals surface area contributed by atoms with Crippen molar-refractivity contribution in [2.45, 2.75) is 19.8 Å². The highest BCUT2D eigenvalue weighted by Gasteiger charge is 2.12. The molecule has 0 heterocycles. The molecule has 1 aromatic carbocycles. The van der Waals surface area contributed by atoms with Gasteiger partial charge in [0, 0.05) is 10.0 Å². The first-order valence-corrected chi connectivity index (χ1v) is 6.93. The minimum atomic E-state index is -0.856. The third-order valence-electron chi connectivity index (χ3n) is 2.31. The lowest BCUT2D eigenvalue weighted by Crippen LogP contribution is -2.38. The molecule has 8 heteroatoms. The Hall–Kier alpha value is -1.79. The van der Waals surface area contributed by atoms with Crippen molar-refractivity contribution < 1.29 is 14.3 Å². The van der Waals surface area contributed by atoms with Gasteiger partial charge in [-0.3, -0.25) is 10.1 Å². The number of halogens is 2. The summed E-state index contributed by atoms with van der Waals surface area (Å²) in [4.78, 5) is 26.3. The fourth-order valence-corrected chi connectivity index (χ4v) is 1.93. The minimum absolute atomic E-state index is 0.0846. The molecule has 114 valence electrons. The van der Waals surface area contributed by atoms with Crippen LogP contribution in [0.3, 0.4) is 0 Å². The standard InChI is InChI=1S/C13H15Cl2N3O3/c1-2-6-21-13(20)18-12(16)17-11(19)7-8-9(14)4-3-5-10(8)15/h3-5H,2,6-7H2,1H3,(H3,16,17,18,19,20). The molecule has 0 aromatic heterocycles. The van der Waals surface area contributed by atoms with E-state index in [0.717, 1.165) is 0 Å². The summed E-state index contributed by atoms with van der Waals surface area (Å²) in [6, 6.07) is 4.91. The molecule has 0 fully saturated rings. The summed E-state index contributed by atoms with van der Waals surface area (Å²) in [5, 5.41) is 3.00. The Morgan fingerprint density at radius 1 is 1.33 bits per heavy atom. The average Bonchev–Trinajstić information content (AvgIpc) is 2.40. The minimum Gasteiger partial charge on any atom is -0.448 e. The molecule has 3 N–H and O–H groups in total. The van der Waals surface area contributed by atoms with Gasteiger partial charge < -0.3 is 10.5 Å². The molecule has 0 saturated heterocycles. The van der Waals surface area contributed by atoms with Gasteiger partial charge in [0.15, 0.2) is 0 Å². The Morgan fingerprint density at radius 2 is 1.95 bits per heavy atom. The second-order valence-corrected chi connectivity index (χ2v) is 4.85. The van der Waals surface area contributed by atoms with E-state index in [1.165, 1.54) is 0 Å². The maximum Gasteiger partial charge on any atom is 0.436 e. The highest BCUT2D eigenvalue weighted by atomic mass is 35.5. The van der Waals surface area contributed by atoms with Gasteiger partial charge in [-0.1, -0.05) is 36.2 Å². The quantitative estimate of drug-likeness (QED) is 0.654. The monoisotopic (exact) mass is 331 g/mol. The van der Waals surface area contributed by atoms with E-state index in [0.29, 0.717) is 22.0 Å². The molecule has 2 amide bonds. The van der Waals surface area contributed by atoms with Gasteiger partial charge in [0.2, 0.25) is 11.9 Å². The van der Waals surface area contributed by atoms with Gasteiger partial charge in [-0.25, -0.2) is 4.79 Å². The number of amides is 2. The van der Waals surface area contributed by atoms with E-state index in [4.69, 9.17) is 33.7 Å². The fourth-order valence-electron chi connectivity index (χ4n) is 1.40. The van der Waals surface area contributed by atoms with Gasteiger partial charge in [0.25, 0.3) is 0 Å². The number of nitrogens with zero attached hydrogens (tertiary/aromatic N) is 1. The van der Waals surface area contributed by atoms with Crippen LogP contribution in [0, 0.1) is 0 Å². The lowest BCUT2D eigenvalue weighted by molar-refractivity contribution is -0.119. The Morgan fingerprint density at radius 3 is 2.52 bits per heavy atom. The van der Waals surface area contributed by atoms with Crippen LogP contribution >= 0.6 is 23.2 Å². The summed E-state index contributed by atoms with van der Waals surface area (Å²) in [6.45, 7) is 2.08. The number of nitrogens with one attached hydrogen (secondary N) is 1. The van der Waals surface area contributed by atoms with E-state index in [-0.39, 0.29) is 19.0 Å². The number of hydrogen-bond donors (Lipinski definition) is 2. The summed E-state index contributed by atoms with van der Waals surface area (Å²) in [5.74, 6) is -0.834. The molecule has 0 aliphatic carbocycles. The summed E-state index contributed by atoms with van der Waals surface area (Å²) in [6.07, 6.45) is -0.275. The predicted molar refractivity (Wildman–Crippen MR) is 81.6 cm³/mol. The molecule has 0 spiro atoms. The van der Waals surface area contributed by atoms with Crippen LogP contribution in [0.2, 0.25) is 10.0 Å². The maximum absolute atomic E-state index is 11.8. The van der Waals surface area contributed by atoms with Crippen LogP contribution in [0.1, 0.15) is 18.9 Å². The number of benzene rings is 1. The Balaban J connectivity index is 2.61. The van der Waals surface area contributed by atoms with Gasteiger partial charge >= 0.3 is 6.09 Å². The maximum atomic E-state index is 11.8. The number of guanidine groups is 1. The van der Waals surface area contributed by atoms with Gasteiger partial charge in [0.05, 0.1) is 13.0 Å². The van der Waals surface area contributed by atoms with E-state index in [1.54, 1.807) is 18.2 Å². The molecule has 0 atom stereocenters. The Bertz CT molecular complexity index is 541. The third kappa shape index (κ3) is 6.01. The zero-order valence-corrected chi connectivity index (χ0v) is 12.9. The molecule has 0 saturated carbocycles. The van der Waals surface area contributed by atoms with Crippen LogP contribution in [0.5, 0.6) is 0 Å².